The van der Waals surface area contributed by atoms with Crippen LogP contribution < -0.4 is 4.90 Å². The summed E-state index contributed by atoms with van der Waals surface area (Å²) in [6.07, 6.45) is 2.28. The van der Waals surface area contributed by atoms with Gasteiger partial charge in [-0.2, -0.15) is 0 Å². The molecule has 0 bridgehead atoms. The zero-order chi connectivity index (χ0) is 14.5. The number of hydrogen-bond donors (Lipinski definition) is 1. The lowest BCUT2D eigenvalue weighted by molar-refractivity contribution is -0.133. The fraction of sp³-hybridized carbons (Fsp3) is 0.750. The number of methoxy groups -OCH3 is 1. The molecule has 0 amide bonds. The number of rotatable bonds is 6. The van der Waals surface area contributed by atoms with Crippen LogP contribution in [-0.2, 0) is 16.1 Å². The van der Waals surface area contributed by atoms with E-state index in [-0.39, 0.29) is 5.75 Å². The third-order valence-electron chi connectivity index (χ3n) is 3.40. The van der Waals surface area contributed by atoms with Gasteiger partial charge >= 0.3 is 5.97 Å². The van der Waals surface area contributed by atoms with Crippen molar-refractivity contribution in [3.8, 4) is 0 Å². The number of anilines is 1. The van der Waals surface area contributed by atoms with Gasteiger partial charge in [-0.25, -0.2) is 0 Å². The molecule has 1 aliphatic rings. The van der Waals surface area contributed by atoms with E-state index < -0.39 is 5.97 Å². The largest absolute Gasteiger partial charge is 0.481 e. The summed E-state index contributed by atoms with van der Waals surface area (Å²) < 4.78 is 7.34. The van der Waals surface area contributed by atoms with Crippen LogP contribution in [0.3, 0.4) is 0 Å². The van der Waals surface area contributed by atoms with Gasteiger partial charge < -0.3 is 14.7 Å². The highest BCUT2D eigenvalue weighted by atomic mass is 32.2. The Labute approximate surface area is 122 Å². The Morgan fingerprint density at radius 3 is 2.70 bits per heavy atom. The van der Waals surface area contributed by atoms with Crippen LogP contribution in [0.5, 0.6) is 0 Å². The third kappa shape index (κ3) is 3.43. The molecule has 1 aliphatic heterocycles. The Balaban J connectivity index is 2.06. The zero-order valence-corrected chi connectivity index (χ0v) is 12.6. The maximum absolute atomic E-state index is 10.6. The highest BCUT2D eigenvalue weighted by Gasteiger charge is 2.23. The van der Waals surface area contributed by atoms with Crippen molar-refractivity contribution in [3.63, 3.8) is 0 Å². The number of nitrogens with zero attached hydrogens (tertiary/aromatic N) is 4. The minimum atomic E-state index is -0.844. The van der Waals surface area contributed by atoms with Gasteiger partial charge in [0, 0.05) is 26.7 Å². The van der Waals surface area contributed by atoms with Crippen LogP contribution in [0.25, 0.3) is 0 Å². The lowest BCUT2D eigenvalue weighted by Crippen LogP contribution is -2.38. The SMILES string of the molecule is CCn1c(SCC(=O)O)nnc1N1CCC(OC)CC1. The molecule has 7 nitrogen and oxygen atoms in total. The van der Waals surface area contributed by atoms with Crippen LogP contribution in [0.2, 0.25) is 0 Å². The van der Waals surface area contributed by atoms with Crippen LogP contribution >= 0.6 is 11.8 Å². The van der Waals surface area contributed by atoms with Crippen LogP contribution in [-0.4, -0.2) is 57.9 Å². The van der Waals surface area contributed by atoms with E-state index in [0.717, 1.165) is 38.4 Å². The number of carboxylic acids is 1. The predicted octanol–water partition coefficient (Wildman–Crippen LogP) is 1.09. The fourth-order valence-corrected chi connectivity index (χ4v) is 3.03. The van der Waals surface area contributed by atoms with E-state index in [4.69, 9.17) is 9.84 Å². The van der Waals surface area contributed by atoms with E-state index in [2.05, 4.69) is 15.1 Å². The number of carbonyl (C=O) groups is 1. The molecule has 1 aromatic rings. The summed E-state index contributed by atoms with van der Waals surface area (Å²) in [5.74, 6) is -0.0118. The number of thioether (sulfide) groups is 1. The summed E-state index contributed by atoms with van der Waals surface area (Å²) in [5, 5.41) is 17.7. The van der Waals surface area contributed by atoms with Gasteiger partial charge in [0.1, 0.15) is 0 Å². The lowest BCUT2D eigenvalue weighted by atomic mass is 10.1. The molecule has 1 N–H and O–H groups in total. The molecule has 2 rings (SSSR count). The topological polar surface area (TPSA) is 80.5 Å². The first-order chi connectivity index (χ1) is 9.65. The molecular weight excluding hydrogens is 280 g/mol. The molecule has 0 unspecified atom stereocenters. The maximum atomic E-state index is 10.6. The highest BCUT2D eigenvalue weighted by molar-refractivity contribution is 7.99. The summed E-state index contributed by atoms with van der Waals surface area (Å²) >= 11 is 1.21. The summed E-state index contributed by atoms with van der Waals surface area (Å²) in [7, 11) is 1.75. The third-order valence-corrected chi connectivity index (χ3v) is 4.35. The first-order valence-electron chi connectivity index (χ1n) is 6.71. The first kappa shape index (κ1) is 15.1. The number of hydrogen-bond acceptors (Lipinski definition) is 6. The molecule has 0 atom stereocenters. The molecular formula is C12H20N4O3S. The van der Waals surface area contributed by atoms with Gasteiger partial charge in [-0.1, -0.05) is 11.8 Å². The van der Waals surface area contributed by atoms with Gasteiger partial charge in [0.25, 0.3) is 0 Å². The number of aliphatic carboxylic acids is 1. The molecule has 0 saturated carbocycles. The van der Waals surface area contributed by atoms with Gasteiger partial charge in [-0.05, 0) is 19.8 Å². The lowest BCUT2D eigenvalue weighted by Gasteiger charge is -2.31. The minimum Gasteiger partial charge on any atom is -0.481 e. The Morgan fingerprint density at radius 1 is 1.45 bits per heavy atom. The molecule has 1 aromatic heterocycles. The second-order valence-electron chi connectivity index (χ2n) is 4.63. The molecule has 112 valence electrons. The molecule has 20 heavy (non-hydrogen) atoms. The normalized spacial score (nSPS) is 16.6. The van der Waals surface area contributed by atoms with Crippen molar-refractivity contribution in [2.75, 3.05) is 30.9 Å². The number of piperidine rings is 1. The van der Waals surface area contributed by atoms with E-state index in [0.29, 0.717) is 11.3 Å². The average molecular weight is 300 g/mol. The van der Waals surface area contributed by atoms with Crippen molar-refractivity contribution in [2.45, 2.75) is 37.6 Å². The van der Waals surface area contributed by atoms with Crippen molar-refractivity contribution >= 4 is 23.7 Å². The molecule has 0 spiro atoms. The average Bonchev–Trinajstić information content (AvgIpc) is 2.88. The molecule has 8 heteroatoms. The second kappa shape index (κ2) is 6.94. The van der Waals surface area contributed by atoms with Gasteiger partial charge in [0.05, 0.1) is 11.9 Å². The van der Waals surface area contributed by atoms with E-state index >= 15 is 0 Å². The highest BCUT2D eigenvalue weighted by Crippen LogP contribution is 2.24. The van der Waals surface area contributed by atoms with Crippen molar-refractivity contribution in [1.29, 1.82) is 0 Å². The Morgan fingerprint density at radius 2 is 2.15 bits per heavy atom. The van der Waals surface area contributed by atoms with Gasteiger partial charge in [-0.3, -0.25) is 9.36 Å². The fourth-order valence-electron chi connectivity index (χ4n) is 2.32. The predicted molar refractivity (Wildman–Crippen MR) is 76.3 cm³/mol. The second-order valence-corrected chi connectivity index (χ2v) is 5.57. The monoisotopic (exact) mass is 300 g/mol. The summed E-state index contributed by atoms with van der Waals surface area (Å²) in [6, 6.07) is 0. The maximum Gasteiger partial charge on any atom is 0.313 e. The molecule has 0 aromatic carbocycles. The summed E-state index contributed by atoms with van der Waals surface area (Å²) in [6.45, 7) is 4.52. The molecule has 0 aliphatic carbocycles. The van der Waals surface area contributed by atoms with E-state index in [1.54, 1.807) is 7.11 Å². The number of aromatic nitrogens is 3. The van der Waals surface area contributed by atoms with Crippen molar-refractivity contribution in [2.24, 2.45) is 0 Å². The van der Waals surface area contributed by atoms with E-state index in [1.807, 2.05) is 11.5 Å². The van der Waals surface area contributed by atoms with Crippen LogP contribution in [0.1, 0.15) is 19.8 Å². The Hall–Kier alpha value is -1.28. The Kier molecular flexibility index (Phi) is 5.24. The molecule has 2 heterocycles. The number of ether oxygens (including phenoxy) is 1. The van der Waals surface area contributed by atoms with Crippen LogP contribution in [0, 0.1) is 0 Å². The standard InChI is InChI=1S/C12H20N4O3S/c1-3-16-11(13-14-12(16)20-8-10(17)18)15-6-4-9(19-2)5-7-15/h9H,3-8H2,1-2H3,(H,17,18). The zero-order valence-electron chi connectivity index (χ0n) is 11.8. The van der Waals surface area contributed by atoms with Crippen molar-refractivity contribution < 1.29 is 14.6 Å². The van der Waals surface area contributed by atoms with Crippen LogP contribution in [0.4, 0.5) is 5.95 Å². The summed E-state index contributed by atoms with van der Waals surface area (Å²) in [4.78, 5) is 12.8. The first-order valence-corrected chi connectivity index (χ1v) is 7.69. The molecule has 1 saturated heterocycles. The van der Waals surface area contributed by atoms with Gasteiger partial charge in [-0.15, -0.1) is 10.2 Å². The molecule has 1 fully saturated rings. The Bertz CT molecular complexity index is 458. The van der Waals surface area contributed by atoms with E-state index in [1.165, 1.54) is 11.8 Å². The van der Waals surface area contributed by atoms with Crippen LogP contribution in [0.15, 0.2) is 5.16 Å². The van der Waals surface area contributed by atoms with Gasteiger partial charge in [0.2, 0.25) is 5.95 Å². The minimum absolute atomic E-state index is 0.00385. The van der Waals surface area contributed by atoms with Crippen molar-refractivity contribution in [1.82, 2.24) is 14.8 Å². The molecule has 0 radical (unpaired) electrons. The van der Waals surface area contributed by atoms with E-state index in [9.17, 15) is 4.79 Å². The smallest absolute Gasteiger partial charge is 0.313 e. The van der Waals surface area contributed by atoms with Crippen molar-refractivity contribution in [3.05, 3.63) is 0 Å². The number of carboxylic acid groups (broad SMARTS) is 1. The quantitative estimate of drug-likeness (QED) is 0.788. The summed E-state index contributed by atoms with van der Waals surface area (Å²) in [5.41, 5.74) is 0. The van der Waals surface area contributed by atoms with Gasteiger partial charge in [0.15, 0.2) is 5.16 Å².